The van der Waals surface area contributed by atoms with E-state index in [1.54, 1.807) is 0 Å². The van der Waals surface area contributed by atoms with Gasteiger partial charge in [0.15, 0.2) is 5.79 Å². The number of aromatic amines is 1. The monoisotopic (exact) mass is 342 g/mol. The summed E-state index contributed by atoms with van der Waals surface area (Å²) in [4.78, 5) is 18.7. The number of piperidine rings is 1. The lowest BCUT2D eigenvalue weighted by Gasteiger charge is -2.40. The molecule has 2 aliphatic heterocycles. The number of fused-ring (bicyclic) bond motifs is 1. The fourth-order valence-electron chi connectivity index (χ4n) is 4.42. The lowest BCUT2D eigenvalue weighted by Crippen LogP contribution is -2.51. The molecule has 25 heavy (non-hydrogen) atoms. The predicted molar refractivity (Wildman–Crippen MR) is 96.5 cm³/mol. The van der Waals surface area contributed by atoms with Crippen LogP contribution in [0, 0.1) is 6.92 Å². The van der Waals surface area contributed by atoms with Gasteiger partial charge in [-0.05, 0) is 32.4 Å². The molecule has 5 nitrogen and oxygen atoms in total. The highest BCUT2D eigenvalue weighted by molar-refractivity contribution is 5.95. The first-order valence-electron chi connectivity index (χ1n) is 9.08. The minimum Gasteiger partial charge on any atom is -0.358 e. The molecule has 1 aromatic heterocycles. The molecule has 2 aliphatic rings. The molecule has 4 rings (SSSR count). The van der Waals surface area contributed by atoms with Crippen molar-refractivity contribution in [1.29, 1.82) is 0 Å². The average Bonchev–Trinajstić information content (AvgIpc) is 3.18. The van der Waals surface area contributed by atoms with Crippen LogP contribution >= 0.6 is 0 Å². The summed E-state index contributed by atoms with van der Waals surface area (Å²) in [6.45, 7) is 8.81. The Morgan fingerprint density at radius 1 is 1.16 bits per heavy atom. The molecule has 0 unspecified atom stereocenters. The largest absolute Gasteiger partial charge is 0.358 e. The van der Waals surface area contributed by atoms with Gasteiger partial charge in [-0.1, -0.05) is 18.2 Å². The van der Waals surface area contributed by atoms with E-state index in [1.807, 2.05) is 30.9 Å². The zero-order chi connectivity index (χ0) is 17.7. The van der Waals surface area contributed by atoms with Crippen LogP contribution in [-0.2, 0) is 19.7 Å². The number of H-pyrrole nitrogens is 1. The molecule has 0 radical (unpaired) electrons. The van der Waals surface area contributed by atoms with Gasteiger partial charge in [-0.25, -0.2) is 0 Å². The minimum absolute atomic E-state index is 0.174. The molecule has 0 aliphatic carbocycles. The van der Waals surface area contributed by atoms with Crippen molar-refractivity contribution < 1.29 is 14.3 Å². The van der Waals surface area contributed by atoms with E-state index in [0.29, 0.717) is 26.3 Å². The second-order valence-electron chi connectivity index (χ2n) is 7.70. The number of hydrogen-bond acceptors (Lipinski definition) is 3. The number of likely N-dealkylation sites (tertiary alicyclic amines) is 1. The van der Waals surface area contributed by atoms with Crippen molar-refractivity contribution in [3.05, 3.63) is 35.5 Å². The molecule has 134 valence electrons. The van der Waals surface area contributed by atoms with E-state index in [1.165, 1.54) is 0 Å². The van der Waals surface area contributed by atoms with Gasteiger partial charge >= 0.3 is 0 Å². The summed E-state index contributed by atoms with van der Waals surface area (Å²) < 4.78 is 11.6. The summed E-state index contributed by atoms with van der Waals surface area (Å²) in [7, 11) is 0. The van der Waals surface area contributed by atoms with Gasteiger partial charge in [-0.2, -0.15) is 0 Å². The molecule has 1 amide bonds. The second kappa shape index (κ2) is 5.85. The lowest BCUT2D eigenvalue weighted by molar-refractivity contribution is -0.188. The number of ether oxygens (including phenoxy) is 2. The molecule has 0 atom stereocenters. The Bertz CT molecular complexity index is 792. The quantitative estimate of drug-likeness (QED) is 0.912. The molecule has 1 spiro atoms. The van der Waals surface area contributed by atoms with Gasteiger partial charge in [0.05, 0.1) is 18.6 Å². The Morgan fingerprint density at radius 2 is 1.80 bits per heavy atom. The van der Waals surface area contributed by atoms with Crippen LogP contribution in [0.1, 0.15) is 37.9 Å². The Kier molecular flexibility index (Phi) is 3.89. The highest BCUT2D eigenvalue weighted by atomic mass is 16.7. The molecule has 1 N–H and O–H groups in total. The molecular formula is C20H26N2O3. The van der Waals surface area contributed by atoms with E-state index < -0.39 is 11.2 Å². The summed E-state index contributed by atoms with van der Waals surface area (Å²) in [6, 6.07) is 8.20. The van der Waals surface area contributed by atoms with Crippen molar-refractivity contribution in [3.63, 3.8) is 0 Å². The van der Waals surface area contributed by atoms with Crippen molar-refractivity contribution in [2.24, 2.45) is 0 Å². The number of aryl methyl sites for hydroxylation is 1. The van der Waals surface area contributed by atoms with Crippen molar-refractivity contribution in [2.75, 3.05) is 26.3 Å². The normalized spacial score (nSPS) is 20.5. The third-order valence-electron chi connectivity index (χ3n) is 5.68. The number of nitrogens with zero attached hydrogens (tertiary/aromatic N) is 1. The molecule has 1 aromatic carbocycles. The minimum atomic E-state index is -0.578. The maximum atomic E-state index is 13.3. The number of carbonyl (C=O) groups excluding carboxylic acids is 1. The molecule has 0 bridgehead atoms. The van der Waals surface area contributed by atoms with Crippen molar-refractivity contribution >= 4 is 16.8 Å². The highest BCUT2D eigenvalue weighted by Gasteiger charge is 2.44. The number of carbonyl (C=O) groups is 1. The maximum Gasteiger partial charge on any atom is 0.232 e. The van der Waals surface area contributed by atoms with Gasteiger partial charge in [0.1, 0.15) is 0 Å². The number of nitrogens with one attached hydrogen (secondary N) is 1. The van der Waals surface area contributed by atoms with E-state index in [9.17, 15) is 4.79 Å². The fourth-order valence-corrected chi connectivity index (χ4v) is 4.42. The Hall–Kier alpha value is -1.85. The van der Waals surface area contributed by atoms with Crippen LogP contribution in [0.2, 0.25) is 0 Å². The number of aromatic nitrogens is 1. The van der Waals surface area contributed by atoms with Gasteiger partial charge in [0.2, 0.25) is 5.91 Å². The number of benzene rings is 1. The first-order chi connectivity index (χ1) is 11.9. The topological polar surface area (TPSA) is 54.6 Å². The third-order valence-corrected chi connectivity index (χ3v) is 5.68. The van der Waals surface area contributed by atoms with Gasteiger partial charge in [0.25, 0.3) is 0 Å². The molecule has 3 heterocycles. The summed E-state index contributed by atoms with van der Waals surface area (Å²) in [6.07, 6.45) is 1.50. The van der Waals surface area contributed by atoms with E-state index in [2.05, 4.69) is 24.0 Å². The Labute approximate surface area is 148 Å². The number of para-hydroxylation sites is 1. The molecule has 5 heteroatoms. The summed E-state index contributed by atoms with van der Waals surface area (Å²) >= 11 is 0. The van der Waals surface area contributed by atoms with E-state index in [0.717, 1.165) is 35.0 Å². The second-order valence-corrected chi connectivity index (χ2v) is 7.70. The van der Waals surface area contributed by atoms with Gasteiger partial charge in [0, 0.05) is 42.5 Å². The van der Waals surface area contributed by atoms with Crippen LogP contribution in [0.4, 0.5) is 0 Å². The fraction of sp³-hybridized carbons (Fsp3) is 0.550. The first kappa shape index (κ1) is 16.6. The van der Waals surface area contributed by atoms with Crippen LogP contribution in [-0.4, -0.2) is 47.9 Å². The van der Waals surface area contributed by atoms with Crippen LogP contribution in [0.5, 0.6) is 0 Å². The number of rotatable bonds is 2. The average molecular weight is 342 g/mol. The lowest BCUT2D eigenvalue weighted by atomic mass is 9.80. The summed E-state index contributed by atoms with van der Waals surface area (Å²) in [5.41, 5.74) is 2.67. The van der Waals surface area contributed by atoms with Crippen molar-refractivity contribution in [2.45, 2.75) is 44.8 Å². The zero-order valence-corrected chi connectivity index (χ0v) is 15.2. The third kappa shape index (κ3) is 2.66. The van der Waals surface area contributed by atoms with Crippen LogP contribution in [0.25, 0.3) is 10.9 Å². The van der Waals surface area contributed by atoms with Gasteiger partial charge < -0.3 is 19.4 Å². The van der Waals surface area contributed by atoms with Crippen LogP contribution < -0.4 is 0 Å². The van der Waals surface area contributed by atoms with E-state index >= 15 is 0 Å². The van der Waals surface area contributed by atoms with Crippen LogP contribution in [0.15, 0.2) is 24.3 Å². The van der Waals surface area contributed by atoms with E-state index in [4.69, 9.17) is 9.47 Å². The van der Waals surface area contributed by atoms with Gasteiger partial charge in [-0.3, -0.25) is 4.79 Å². The standard InChI is InChI=1S/C20H26N2O3/c1-14-17(15-6-4-5-7-16(15)21-14)19(2,3)18(23)22-10-8-20(9-11-22)24-12-13-25-20/h4-7,21H,8-13H2,1-3H3. The van der Waals surface area contributed by atoms with Crippen LogP contribution in [0.3, 0.4) is 0 Å². The highest BCUT2D eigenvalue weighted by Crippen LogP contribution is 2.37. The molecule has 0 saturated carbocycles. The van der Waals surface area contributed by atoms with Crippen molar-refractivity contribution in [1.82, 2.24) is 9.88 Å². The van der Waals surface area contributed by atoms with Gasteiger partial charge in [-0.15, -0.1) is 0 Å². The van der Waals surface area contributed by atoms with E-state index in [-0.39, 0.29) is 5.91 Å². The molecular weight excluding hydrogens is 316 g/mol. The molecule has 2 saturated heterocycles. The molecule has 2 fully saturated rings. The first-order valence-corrected chi connectivity index (χ1v) is 9.08. The van der Waals surface area contributed by atoms with Crippen molar-refractivity contribution in [3.8, 4) is 0 Å². The zero-order valence-electron chi connectivity index (χ0n) is 15.2. The number of amides is 1. The SMILES string of the molecule is Cc1[nH]c2ccccc2c1C(C)(C)C(=O)N1CCC2(CC1)OCCO2. The summed E-state index contributed by atoms with van der Waals surface area (Å²) in [5, 5.41) is 1.13. The smallest absolute Gasteiger partial charge is 0.232 e. The summed E-state index contributed by atoms with van der Waals surface area (Å²) in [5.74, 6) is -0.273. The molecule has 2 aromatic rings. The Morgan fingerprint density at radius 3 is 2.48 bits per heavy atom. The number of hydrogen-bond donors (Lipinski definition) is 1. The predicted octanol–water partition coefficient (Wildman–Crippen LogP) is 3.12. The maximum absolute atomic E-state index is 13.3. The Balaban J connectivity index is 1.59.